The minimum Gasteiger partial charge on any atom is -0.352 e. The largest absolute Gasteiger partial charge is 0.352 e. The number of alkyl halides is 1. The Balaban J connectivity index is 2.57. The lowest BCUT2D eigenvalue weighted by molar-refractivity contribution is 0.0934. The molecule has 0 saturated carbocycles. The average molecular weight is 367 g/mol. The van der Waals surface area contributed by atoms with Crippen molar-refractivity contribution in [2.24, 2.45) is 5.41 Å². The van der Waals surface area contributed by atoms with E-state index in [1.165, 1.54) is 0 Å². The first kappa shape index (κ1) is 16.8. The minimum absolute atomic E-state index is 0.0453. The summed E-state index contributed by atoms with van der Waals surface area (Å²) in [5.74, 6) is 0.549. The molecule has 1 rings (SSSR count). The number of amides is 1. The highest BCUT2D eigenvalue weighted by atomic mass is 79.9. The van der Waals surface area contributed by atoms with E-state index in [2.05, 4.69) is 35.1 Å². The molecular formula is C14H18BrCl2NO. The van der Waals surface area contributed by atoms with E-state index in [4.69, 9.17) is 23.2 Å². The zero-order valence-corrected chi connectivity index (χ0v) is 14.2. The molecule has 106 valence electrons. The number of carbonyl (C=O) groups excluding carboxylic acids is 1. The van der Waals surface area contributed by atoms with Crippen molar-refractivity contribution < 1.29 is 4.79 Å². The number of carbonyl (C=O) groups is 1. The van der Waals surface area contributed by atoms with E-state index in [0.29, 0.717) is 23.0 Å². The third kappa shape index (κ3) is 5.72. The van der Waals surface area contributed by atoms with Gasteiger partial charge in [0.1, 0.15) is 0 Å². The van der Waals surface area contributed by atoms with Gasteiger partial charge in [-0.1, -0.05) is 25.4 Å². The lowest BCUT2D eigenvalue weighted by atomic mass is 9.88. The summed E-state index contributed by atoms with van der Waals surface area (Å²) in [5.41, 5.74) is 0.616. The molecule has 5 heteroatoms. The molecule has 0 atom stereocenters. The van der Waals surface area contributed by atoms with Gasteiger partial charge in [0.25, 0.3) is 5.91 Å². The van der Waals surface area contributed by atoms with Gasteiger partial charge < -0.3 is 5.32 Å². The molecule has 1 aromatic carbocycles. The predicted octanol–water partition coefficient (Wildman–Crippen LogP) is 4.88. The van der Waals surface area contributed by atoms with Gasteiger partial charge in [-0.25, -0.2) is 0 Å². The Hall–Kier alpha value is -0.250. The molecule has 0 aliphatic rings. The molecule has 0 bridgehead atoms. The van der Waals surface area contributed by atoms with Gasteiger partial charge >= 0.3 is 0 Å². The minimum atomic E-state index is -0.103. The molecule has 0 fully saturated rings. The van der Waals surface area contributed by atoms with Gasteiger partial charge in [-0.15, -0.1) is 11.6 Å². The van der Waals surface area contributed by atoms with Crippen LogP contribution >= 0.6 is 39.1 Å². The van der Waals surface area contributed by atoms with Crippen LogP contribution in [0.5, 0.6) is 0 Å². The van der Waals surface area contributed by atoms with Crippen molar-refractivity contribution in [3.05, 3.63) is 33.3 Å². The highest BCUT2D eigenvalue weighted by molar-refractivity contribution is 9.10. The fraction of sp³-hybridized carbons (Fsp3) is 0.500. The Kier molecular flexibility index (Phi) is 6.64. The molecule has 0 unspecified atom stereocenters. The topological polar surface area (TPSA) is 29.1 Å². The number of hydrogen-bond donors (Lipinski definition) is 1. The molecule has 0 aromatic heterocycles. The van der Waals surface area contributed by atoms with E-state index in [1.807, 2.05) is 0 Å². The van der Waals surface area contributed by atoms with Crippen LogP contribution in [-0.4, -0.2) is 18.3 Å². The quantitative estimate of drug-likeness (QED) is 0.714. The summed E-state index contributed by atoms with van der Waals surface area (Å²) < 4.78 is 0.785. The molecule has 1 N–H and O–H groups in total. The van der Waals surface area contributed by atoms with Gasteiger partial charge in [-0.2, -0.15) is 0 Å². The summed E-state index contributed by atoms with van der Waals surface area (Å²) in [4.78, 5) is 12.0. The van der Waals surface area contributed by atoms with Crippen LogP contribution in [0.2, 0.25) is 5.02 Å². The van der Waals surface area contributed by atoms with Crippen molar-refractivity contribution >= 4 is 45.0 Å². The highest BCUT2D eigenvalue weighted by Crippen LogP contribution is 2.24. The van der Waals surface area contributed by atoms with Crippen molar-refractivity contribution in [3.8, 4) is 0 Å². The standard InChI is InChI=1S/C14H18BrCl2NO/c1-14(2,6-3-7-16)9-18-13(19)10-4-5-11(15)12(17)8-10/h4-5,8H,3,6-7,9H2,1-2H3,(H,18,19). The van der Waals surface area contributed by atoms with Gasteiger partial charge in [0, 0.05) is 22.5 Å². The maximum atomic E-state index is 12.0. The molecular weight excluding hydrogens is 349 g/mol. The number of benzene rings is 1. The Morgan fingerprint density at radius 3 is 2.68 bits per heavy atom. The monoisotopic (exact) mass is 365 g/mol. The van der Waals surface area contributed by atoms with Crippen molar-refractivity contribution in [2.75, 3.05) is 12.4 Å². The summed E-state index contributed by atoms with van der Waals surface area (Å²) in [5, 5.41) is 3.47. The van der Waals surface area contributed by atoms with Crippen LogP contribution in [0.4, 0.5) is 0 Å². The van der Waals surface area contributed by atoms with Gasteiger partial charge in [0.2, 0.25) is 0 Å². The first-order valence-corrected chi connectivity index (χ1v) is 7.85. The SMILES string of the molecule is CC(C)(CCCCl)CNC(=O)c1ccc(Br)c(Cl)c1. The number of nitrogens with one attached hydrogen (secondary N) is 1. The maximum Gasteiger partial charge on any atom is 0.251 e. The predicted molar refractivity (Wildman–Crippen MR) is 85.2 cm³/mol. The van der Waals surface area contributed by atoms with Gasteiger partial charge in [-0.3, -0.25) is 4.79 Å². The highest BCUT2D eigenvalue weighted by Gasteiger charge is 2.18. The smallest absolute Gasteiger partial charge is 0.251 e. The van der Waals surface area contributed by atoms with Crippen LogP contribution in [0, 0.1) is 5.41 Å². The van der Waals surface area contributed by atoms with E-state index in [9.17, 15) is 4.79 Å². The van der Waals surface area contributed by atoms with Crippen LogP contribution in [0.3, 0.4) is 0 Å². The summed E-state index contributed by atoms with van der Waals surface area (Å²) in [6.07, 6.45) is 1.94. The molecule has 0 heterocycles. The van der Waals surface area contributed by atoms with Crippen LogP contribution in [0.15, 0.2) is 22.7 Å². The fourth-order valence-corrected chi connectivity index (χ4v) is 2.25. The summed E-state index contributed by atoms with van der Waals surface area (Å²) in [7, 11) is 0. The number of rotatable bonds is 6. The Bertz CT molecular complexity index is 449. The molecule has 1 aromatic rings. The molecule has 0 radical (unpaired) electrons. The van der Waals surface area contributed by atoms with Crippen LogP contribution < -0.4 is 5.32 Å². The van der Waals surface area contributed by atoms with E-state index < -0.39 is 0 Å². The molecule has 0 spiro atoms. The molecule has 19 heavy (non-hydrogen) atoms. The lowest BCUT2D eigenvalue weighted by Crippen LogP contribution is -2.34. The van der Waals surface area contributed by atoms with Gasteiger partial charge in [0.15, 0.2) is 0 Å². The Morgan fingerprint density at radius 2 is 2.11 bits per heavy atom. The summed E-state index contributed by atoms with van der Waals surface area (Å²) >= 11 is 15.0. The molecule has 0 aliphatic carbocycles. The zero-order valence-electron chi connectivity index (χ0n) is 11.1. The van der Waals surface area contributed by atoms with Crippen LogP contribution in [-0.2, 0) is 0 Å². The van der Waals surface area contributed by atoms with Crippen molar-refractivity contribution in [1.29, 1.82) is 0 Å². The first-order chi connectivity index (χ1) is 8.85. The third-order valence-corrected chi connectivity index (χ3v) is 4.40. The van der Waals surface area contributed by atoms with Crippen molar-refractivity contribution in [1.82, 2.24) is 5.32 Å². The van der Waals surface area contributed by atoms with Crippen LogP contribution in [0.25, 0.3) is 0 Å². The maximum absolute atomic E-state index is 12.0. The summed E-state index contributed by atoms with van der Waals surface area (Å²) in [6, 6.07) is 5.18. The third-order valence-electron chi connectivity index (χ3n) is 2.90. The van der Waals surface area contributed by atoms with Crippen molar-refractivity contribution in [3.63, 3.8) is 0 Å². The fourth-order valence-electron chi connectivity index (χ4n) is 1.69. The van der Waals surface area contributed by atoms with Gasteiger partial charge in [-0.05, 0) is 52.4 Å². The van der Waals surface area contributed by atoms with Crippen molar-refractivity contribution in [2.45, 2.75) is 26.7 Å². The molecule has 0 saturated heterocycles. The second kappa shape index (κ2) is 7.51. The number of halogens is 3. The molecule has 0 aliphatic heterocycles. The average Bonchev–Trinajstić information content (AvgIpc) is 2.37. The lowest BCUT2D eigenvalue weighted by Gasteiger charge is -2.24. The van der Waals surface area contributed by atoms with Crippen LogP contribution in [0.1, 0.15) is 37.0 Å². The van der Waals surface area contributed by atoms with E-state index in [1.54, 1.807) is 18.2 Å². The number of hydrogen-bond acceptors (Lipinski definition) is 1. The summed E-state index contributed by atoms with van der Waals surface area (Å²) in [6.45, 7) is 4.86. The van der Waals surface area contributed by atoms with E-state index >= 15 is 0 Å². The second-order valence-corrected chi connectivity index (χ2v) is 6.91. The molecule has 2 nitrogen and oxygen atoms in total. The Morgan fingerprint density at radius 1 is 1.42 bits per heavy atom. The second-order valence-electron chi connectivity index (χ2n) is 5.27. The Labute approximate surface area is 133 Å². The zero-order chi connectivity index (χ0) is 14.5. The van der Waals surface area contributed by atoms with E-state index in [-0.39, 0.29) is 11.3 Å². The normalized spacial score (nSPS) is 11.4. The van der Waals surface area contributed by atoms with Gasteiger partial charge in [0.05, 0.1) is 5.02 Å². The first-order valence-electron chi connectivity index (χ1n) is 6.15. The van der Waals surface area contributed by atoms with E-state index in [0.717, 1.165) is 17.3 Å². The molecule has 1 amide bonds.